The first kappa shape index (κ1) is 16.9. The molecule has 2 N–H and O–H groups in total. The molecule has 2 unspecified atom stereocenters. The van der Waals surface area contributed by atoms with E-state index in [4.69, 9.17) is 10.7 Å². The van der Waals surface area contributed by atoms with E-state index in [1.807, 2.05) is 0 Å². The Labute approximate surface area is 140 Å². The van der Waals surface area contributed by atoms with E-state index in [1.54, 1.807) is 22.7 Å². The van der Waals surface area contributed by atoms with Gasteiger partial charge in [0.2, 0.25) is 0 Å². The van der Waals surface area contributed by atoms with Crippen molar-refractivity contribution >= 4 is 35.1 Å². The number of nitrogens with two attached hydrogens (primary N) is 1. The maximum atomic E-state index is 5.96. The highest BCUT2D eigenvalue weighted by atomic mass is 35.5. The van der Waals surface area contributed by atoms with E-state index in [-0.39, 0.29) is 12.4 Å². The highest BCUT2D eigenvalue weighted by molar-refractivity contribution is 7.14. The minimum absolute atomic E-state index is 0. The Bertz CT molecular complexity index is 541. The van der Waals surface area contributed by atoms with Crippen molar-refractivity contribution in [2.75, 3.05) is 13.1 Å². The number of thiazole rings is 1. The summed E-state index contributed by atoms with van der Waals surface area (Å²) in [5.41, 5.74) is 8.39. The zero-order chi connectivity index (χ0) is 13.9. The summed E-state index contributed by atoms with van der Waals surface area (Å²) in [7, 11) is 0. The van der Waals surface area contributed by atoms with Gasteiger partial charge in [0.1, 0.15) is 5.01 Å². The van der Waals surface area contributed by atoms with Crippen LogP contribution in [0.2, 0.25) is 0 Å². The van der Waals surface area contributed by atoms with Crippen molar-refractivity contribution in [3.8, 4) is 10.6 Å². The maximum absolute atomic E-state index is 5.96. The van der Waals surface area contributed by atoms with Gasteiger partial charge in [0, 0.05) is 35.5 Å². The molecule has 3 rings (SSSR count). The van der Waals surface area contributed by atoms with Crippen molar-refractivity contribution in [1.29, 1.82) is 0 Å². The van der Waals surface area contributed by atoms with Crippen LogP contribution in [0.3, 0.4) is 0 Å². The fourth-order valence-electron chi connectivity index (χ4n) is 3.02. The van der Waals surface area contributed by atoms with Crippen LogP contribution < -0.4 is 5.73 Å². The zero-order valence-electron chi connectivity index (χ0n) is 12.2. The second-order valence-electron chi connectivity index (χ2n) is 5.55. The van der Waals surface area contributed by atoms with Gasteiger partial charge in [-0.25, -0.2) is 4.98 Å². The van der Waals surface area contributed by atoms with Crippen LogP contribution >= 0.6 is 35.1 Å². The van der Waals surface area contributed by atoms with Crippen molar-refractivity contribution in [1.82, 2.24) is 9.88 Å². The number of aromatic nitrogens is 1. The first-order valence-electron chi connectivity index (χ1n) is 7.19. The Morgan fingerprint density at radius 2 is 2.29 bits per heavy atom. The van der Waals surface area contributed by atoms with Crippen LogP contribution in [0.1, 0.15) is 25.5 Å². The predicted octanol–water partition coefficient (Wildman–Crippen LogP) is 3.85. The van der Waals surface area contributed by atoms with Crippen LogP contribution in [0.4, 0.5) is 0 Å². The summed E-state index contributed by atoms with van der Waals surface area (Å²) in [4.78, 5) is 7.30. The quantitative estimate of drug-likeness (QED) is 0.916. The average Bonchev–Trinajstić information content (AvgIpc) is 3.09. The smallest absolute Gasteiger partial charge is 0.124 e. The minimum Gasteiger partial charge on any atom is -0.329 e. The summed E-state index contributed by atoms with van der Waals surface area (Å²) in [6.07, 6.45) is 2.58. The number of thiophene rings is 1. The van der Waals surface area contributed by atoms with E-state index in [0.717, 1.165) is 24.6 Å². The van der Waals surface area contributed by atoms with Crippen LogP contribution in [0.5, 0.6) is 0 Å². The van der Waals surface area contributed by atoms with Gasteiger partial charge in [0.25, 0.3) is 0 Å². The number of rotatable bonds is 4. The van der Waals surface area contributed by atoms with E-state index < -0.39 is 0 Å². The van der Waals surface area contributed by atoms with Gasteiger partial charge in [-0.05, 0) is 36.8 Å². The molecule has 6 heteroatoms. The molecule has 3 heterocycles. The Hall–Kier alpha value is -0.460. The van der Waals surface area contributed by atoms with Crippen LogP contribution in [-0.2, 0) is 6.54 Å². The lowest BCUT2D eigenvalue weighted by atomic mass is 9.91. The molecule has 0 bridgehead atoms. The standard InChI is InChI=1S/C15H21N3S2.ClH/c1-11-3-2-5-18(14(11)7-16)8-13-10-20-15(17-13)12-4-6-19-9-12;/h4,6,9-11,14H,2-3,5,7-8,16H2,1H3;1H. The van der Waals surface area contributed by atoms with Crippen molar-refractivity contribution in [2.24, 2.45) is 11.7 Å². The molecule has 2 atom stereocenters. The summed E-state index contributed by atoms with van der Waals surface area (Å²) in [6.45, 7) is 5.16. The molecule has 0 amide bonds. The summed E-state index contributed by atoms with van der Waals surface area (Å²) < 4.78 is 0. The molecule has 2 aromatic heterocycles. The van der Waals surface area contributed by atoms with Gasteiger partial charge in [-0.1, -0.05) is 6.92 Å². The third-order valence-electron chi connectivity index (χ3n) is 4.16. The van der Waals surface area contributed by atoms with Gasteiger partial charge < -0.3 is 5.73 Å². The molecule has 0 saturated carbocycles. The van der Waals surface area contributed by atoms with E-state index in [2.05, 4.69) is 34.0 Å². The van der Waals surface area contributed by atoms with E-state index in [0.29, 0.717) is 12.0 Å². The predicted molar refractivity (Wildman–Crippen MR) is 94.3 cm³/mol. The third-order valence-corrected chi connectivity index (χ3v) is 5.78. The molecule has 0 radical (unpaired) electrons. The number of hydrogen-bond donors (Lipinski definition) is 1. The Morgan fingerprint density at radius 3 is 3.00 bits per heavy atom. The maximum Gasteiger partial charge on any atom is 0.124 e. The summed E-state index contributed by atoms with van der Waals surface area (Å²) in [6, 6.07) is 2.65. The molecule has 1 aliphatic heterocycles. The Kier molecular flexibility index (Phi) is 6.20. The topological polar surface area (TPSA) is 42.2 Å². The molecule has 3 nitrogen and oxygen atoms in total. The van der Waals surface area contributed by atoms with Crippen molar-refractivity contribution in [3.05, 3.63) is 27.9 Å². The number of nitrogens with zero attached hydrogens (tertiary/aromatic N) is 2. The summed E-state index contributed by atoms with van der Waals surface area (Å²) in [5.74, 6) is 0.698. The van der Waals surface area contributed by atoms with Crippen LogP contribution in [0, 0.1) is 5.92 Å². The molecule has 116 valence electrons. The summed E-state index contributed by atoms with van der Waals surface area (Å²) >= 11 is 3.47. The molecule has 1 aliphatic rings. The van der Waals surface area contributed by atoms with Gasteiger partial charge in [-0.15, -0.1) is 23.7 Å². The monoisotopic (exact) mass is 343 g/mol. The van der Waals surface area contributed by atoms with Gasteiger partial charge in [0.05, 0.1) is 5.69 Å². The van der Waals surface area contributed by atoms with Gasteiger partial charge in [0.15, 0.2) is 0 Å². The lowest BCUT2D eigenvalue weighted by Gasteiger charge is -2.39. The van der Waals surface area contributed by atoms with Gasteiger partial charge >= 0.3 is 0 Å². The number of halogens is 1. The highest BCUT2D eigenvalue weighted by Crippen LogP contribution is 2.28. The van der Waals surface area contributed by atoms with Crippen LogP contribution in [-0.4, -0.2) is 29.0 Å². The number of likely N-dealkylation sites (tertiary alicyclic amines) is 1. The molecule has 0 aromatic carbocycles. The van der Waals surface area contributed by atoms with E-state index >= 15 is 0 Å². The highest BCUT2D eigenvalue weighted by Gasteiger charge is 2.27. The second kappa shape index (κ2) is 7.70. The lowest BCUT2D eigenvalue weighted by molar-refractivity contribution is 0.0980. The van der Waals surface area contributed by atoms with Gasteiger partial charge in [-0.2, -0.15) is 11.3 Å². The lowest BCUT2D eigenvalue weighted by Crippen LogP contribution is -2.48. The zero-order valence-corrected chi connectivity index (χ0v) is 14.6. The molecule has 0 spiro atoms. The minimum atomic E-state index is 0. The molecule has 1 fully saturated rings. The second-order valence-corrected chi connectivity index (χ2v) is 7.19. The first-order valence-corrected chi connectivity index (χ1v) is 9.01. The fourth-order valence-corrected chi connectivity index (χ4v) is 4.54. The van der Waals surface area contributed by atoms with Crippen LogP contribution in [0.15, 0.2) is 22.2 Å². The van der Waals surface area contributed by atoms with Gasteiger partial charge in [-0.3, -0.25) is 4.90 Å². The largest absolute Gasteiger partial charge is 0.329 e. The molecular formula is C15H22ClN3S2. The summed E-state index contributed by atoms with van der Waals surface area (Å²) in [5, 5.41) is 7.59. The molecule has 21 heavy (non-hydrogen) atoms. The molecule has 0 aliphatic carbocycles. The van der Waals surface area contributed by atoms with E-state index in [1.165, 1.54) is 24.1 Å². The van der Waals surface area contributed by atoms with E-state index in [9.17, 15) is 0 Å². The van der Waals surface area contributed by atoms with Crippen LogP contribution in [0.25, 0.3) is 10.6 Å². The Balaban J connectivity index is 0.00000161. The normalized spacial score (nSPS) is 23.0. The molecule has 1 saturated heterocycles. The Morgan fingerprint density at radius 1 is 1.43 bits per heavy atom. The van der Waals surface area contributed by atoms with Crippen molar-refractivity contribution in [3.63, 3.8) is 0 Å². The first-order chi connectivity index (χ1) is 9.78. The van der Waals surface area contributed by atoms with Crippen molar-refractivity contribution < 1.29 is 0 Å². The molecular weight excluding hydrogens is 322 g/mol. The third kappa shape index (κ3) is 3.85. The number of piperidine rings is 1. The number of hydrogen-bond acceptors (Lipinski definition) is 5. The average molecular weight is 344 g/mol. The molecule has 2 aromatic rings. The fraction of sp³-hybridized carbons (Fsp3) is 0.533. The van der Waals surface area contributed by atoms with Crippen molar-refractivity contribution in [2.45, 2.75) is 32.4 Å². The SMILES string of the molecule is CC1CCCN(Cc2csc(-c3ccsc3)n2)C1CN.Cl.